The van der Waals surface area contributed by atoms with Gasteiger partial charge in [0.15, 0.2) is 0 Å². The van der Waals surface area contributed by atoms with Gasteiger partial charge in [0.1, 0.15) is 0 Å². The van der Waals surface area contributed by atoms with E-state index in [0.29, 0.717) is 12.0 Å². The number of esters is 1. The molecule has 1 unspecified atom stereocenters. The molecule has 86 valence electrons. The van der Waals surface area contributed by atoms with Gasteiger partial charge in [-0.2, -0.15) is 0 Å². The van der Waals surface area contributed by atoms with Crippen LogP contribution in [0.25, 0.3) is 0 Å². The minimum Gasteiger partial charge on any atom is -0.469 e. The number of rotatable bonds is 4. The van der Waals surface area contributed by atoms with Crippen LogP contribution < -0.4 is 0 Å². The number of carbonyl (C=O) groups excluding carboxylic acids is 1. The molecule has 0 bridgehead atoms. The second kappa shape index (κ2) is 5.25. The van der Waals surface area contributed by atoms with Gasteiger partial charge in [-0.1, -0.05) is 19.1 Å². The van der Waals surface area contributed by atoms with Crippen molar-refractivity contribution in [2.24, 2.45) is 0 Å². The first-order chi connectivity index (χ1) is 7.60. The maximum absolute atomic E-state index is 11.4. The van der Waals surface area contributed by atoms with Crippen molar-refractivity contribution in [3.63, 3.8) is 0 Å². The van der Waals surface area contributed by atoms with E-state index in [1.54, 1.807) is 12.1 Å². The number of carbonyl (C=O) groups is 1. The summed E-state index contributed by atoms with van der Waals surface area (Å²) in [5, 5.41) is 10.6. The third-order valence-corrected chi connectivity index (χ3v) is 2.38. The molecule has 0 aliphatic carbocycles. The first-order valence-corrected chi connectivity index (χ1v) is 4.92. The van der Waals surface area contributed by atoms with Gasteiger partial charge in [-0.05, 0) is 12.0 Å². The Morgan fingerprint density at radius 2 is 2.25 bits per heavy atom. The van der Waals surface area contributed by atoms with Gasteiger partial charge in [0.2, 0.25) is 0 Å². The molecule has 0 heterocycles. The summed E-state index contributed by atoms with van der Waals surface area (Å²) in [6.07, 6.45) is 0.549. The van der Waals surface area contributed by atoms with E-state index in [0.717, 1.165) is 0 Å². The molecule has 0 amide bonds. The largest absolute Gasteiger partial charge is 0.469 e. The highest BCUT2D eigenvalue weighted by atomic mass is 16.6. The van der Waals surface area contributed by atoms with Crippen LogP contribution in [0.15, 0.2) is 24.3 Å². The number of nitrogens with zero attached hydrogens (tertiary/aromatic N) is 1. The van der Waals surface area contributed by atoms with Gasteiger partial charge in [0.25, 0.3) is 5.69 Å². The second-order valence-electron chi connectivity index (χ2n) is 3.34. The lowest BCUT2D eigenvalue weighted by Gasteiger charge is -2.12. The zero-order chi connectivity index (χ0) is 12.1. The molecule has 0 aliphatic rings. The number of nitro groups is 1. The van der Waals surface area contributed by atoms with Crippen molar-refractivity contribution in [2.45, 2.75) is 19.3 Å². The van der Waals surface area contributed by atoms with Crippen LogP contribution in [0.3, 0.4) is 0 Å². The minimum atomic E-state index is -0.479. The van der Waals surface area contributed by atoms with Crippen molar-refractivity contribution in [1.29, 1.82) is 0 Å². The molecule has 0 aliphatic heterocycles. The van der Waals surface area contributed by atoms with E-state index in [2.05, 4.69) is 4.74 Å². The highest BCUT2D eigenvalue weighted by Gasteiger charge is 2.20. The summed E-state index contributed by atoms with van der Waals surface area (Å²) in [6.45, 7) is 1.83. The topological polar surface area (TPSA) is 69.4 Å². The molecular weight excluding hydrogens is 210 g/mol. The zero-order valence-corrected chi connectivity index (χ0v) is 9.17. The summed E-state index contributed by atoms with van der Waals surface area (Å²) in [5.74, 6) is -0.812. The Morgan fingerprint density at radius 3 is 2.75 bits per heavy atom. The molecule has 5 heteroatoms. The Kier molecular flexibility index (Phi) is 3.99. The number of hydrogen-bond acceptors (Lipinski definition) is 4. The van der Waals surface area contributed by atoms with Crippen molar-refractivity contribution >= 4 is 11.7 Å². The van der Waals surface area contributed by atoms with Gasteiger partial charge in [-0.3, -0.25) is 14.9 Å². The van der Waals surface area contributed by atoms with Gasteiger partial charge >= 0.3 is 5.97 Å². The Balaban J connectivity index is 3.06. The van der Waals surface area contributed by atoms with E-state index in [4.69, 9.17) is 0 Å². The smallest absolute Gasteiger partial charge is 0.313 e. The molecule has 1 aromatic rings. The zero-order valence-electron chi connectivity index (χ0n) is 9.17. The summed E-state index contributed by atoms with van der Waals surface area (Å²) in [7, 11) is 1.31. The molecule has 0 radical (unpaired) electrons. The molecule has 0 fully saturated rings. The van der Waals surface area contributed by atoms with Crippen molar-refractivity contribution in [1.82, 2.24) is 0 Å². The van der Waals surface area contributed by atoms with Crippen LogP contribution in [0.2, 0.25) is 0 Å². The van der Waals surface area contributed by atoms with E-state index in [9.17, 15) is 14.9 Å². The van der Waals surface area contributed by atoms with Gasteiger partial charge in [0.05, 0.1) is 18.0 Å². The van der Waals surface area contributed by atoms with Crippen LogP contribution in [0, 0.1) is 10.1 Å². The number of ether oxygens (including phenoxy) is 1. The third kappa shape index (κ3) is 2.56. The normalized spacial score (nSPS) is 11.9. The predicted octanol–water partition coefficient (Wildman–Crippen LogP) is 2.26. The second-order valence-corrected chi connectivity index (χ2v) is 3.34. The lowest BCUT2D eigenvalue weighted by atomic mass is 9.96. The molecule has 1 aromatic carbocycles. The molecule has 0 aromatic heterocycles. The van der Waals surface area contributed by atoms with Gasteiger partial charge in [0, 0.05) is 12.1 Å². The van der Waals surface area contributed by atoms with Crippen molar-refractivity contribution in [3.05, 3.63) is 39.9 Å². The van der Waals surface area contributed by atoms with Gasteiger partial charge in [-0.25, -0.2) is 0 Å². The number of methoxy groups -OCH3 is 1. The molecule has 0 saturated heterocycles. The van der Waals surface area contributed by atoms with Crippen LogP contribution in [0.5, 0.6) is 0 Å². The molecule has 1 atom stereocenters. The monoisotopic (exact) mass is 223 g/mol. The van der Waals surface area contributed by atoms with E-state index in [-0.39, 0.29) is 11.7 Å². The van der Waals surface area contributed by atoms with Crippen molar-refractivity contribution < 1.29 is 14.5 Å². The Bertz CT molecular complexity index is 403. The molecule has 0 saturated carbocycles. The van der Waals surface area contributed by atoms with Crippen LogP contribution in [0.1, 0.15) is 24.8 Å². The maximum Gasteiger partial charge on any atom is 0.313 e. The molecule has 0 N–H and O–H groups in total. The summed E-state index contributed by atoms with van der Waals surface area (Å²) in [4.78, 5) is 21.5. The van der Waals surface area contributed by atoms with Crippen molar-refractivity contribution in [3.8, 4) is 0 Å². The first kappa shape index (κ1) is 12.2. The van der Waals surface area contributed by atoms with E-state index in [1.165, 1.54) is 19.2 Å². The Morgan fingerprint density at radius 1 is 1.56 bits per heavy atom. The summed E-state index contributed by atoms with van der Waals surface area (Å²) in [6, 6.07) is 6.07. The first-order valence-electron chi connectivity index (χ1n) is 4.92. The lowest BCUT2D eigenvalue weighted by molar-refractivity contribution is -0.384. The fourth-order valence-electron chi connectivity index (χ4n) is 1.54. The lowest BCUT2D eigenvalue weighted by Crippen LogP contribution is -2.13. The maximum atomic E-state index is 11.4. The van der Waals surface area contributed by atoms with Crippen LogP contribution in [0.4, 0.5) is 5.69 Å². The quantitative estimate of drug-likeness (QED) is 0.446. The predicted molar refractivity (Wildman–Crippen MR) is 58.1 cm³/mol. The average Bonchev–Trinajstić information content (AvgIpc) is 2.30. The third-order valence-electron chi connectivity index (χ3n) is 2.38. The Labute approximate surface area is 93.2 Å². The van der Waals surface area contributed by atoms with E-state index in [1.807, 2.05) is 6.92 Å². The number of non-ortho nitro benzene ring substituents is 1. The molecule has 5 nitrogen and oxygen atoms in total. The van der Waals surface area contributed by atoms with Crippen LogP contribution >= 0.6 is 0 Å². The number of hydrogen-bond donors (Lipinski definition) is 0. The van der Waals surface area contributed by atoms with Gasteiger partial charge in [-0.15, -0.1) is 0 Å². The average molecular weight is 223 g/mol. The molecular formula is C11H13NO4. The van der Waals surface area contributed by atoms with Crippen LogP contribution in [-0.4, -0.2) is 18.0 Å². The highest BCUT2D eigenvalue weighted by Crippen LogP contribution is 2.24. The fourth-order valence-corrected chi connectivity index (χ4v) is 1.54. The van der Waals surface area contributed by atoms with E-state index < -0.39 is 10.8 Å². The fraction of sp³-hybridized carbons (Fsp3) is 0.364. The minimum absolute atomic E-state index is 0.0140. The van der Waals surface area contributed by atoms with Gasteiger partial charge < -0.3 is 4.74 Å². The number of nitro benzene ring substituents is 1. The number of benzene rings is 1. The highest BCUT2D eigenvalue weighted by molar-refractivity contribution is 5.78. The molecule has 16 heavy (non-hydrogen) atoms. The Hall–Kier alpha value is -1.91. The molecule has 1 rings (SSSR count). The summed E-state index contributed by atoms with van der Waals surface area (Å²) >= 11 is 0. The molecule has 0 spiro atoms. The summed E-state index contributed by atoms with van der Waals surface area (Å²) in [5.41, 5.74) is 0.600. The van der Waals surface area contributed by atoms with Crippen LogP contribution in [-0.2, 0) is 9.53 Å². The standard InChI is InChI=1S/C11H13NO4/c1-3-10(11(13)16-2)8-5-4-6-9(7-8)12(14)15/h4-7,10H,3H2,1-2H3. The SMILES string of the molecule is CCC(C(=O)OC)c1cccc([N+](=O)[O-])c1. The van der Waals surface area contributed by atoms with E-state index >= 15 is 0 Å². The van der Waals surface area contributed by atoms with Crippen molar-refractivity contribution in [2.75, 3.05) is 7.11 Å². The summed E-state index contributed by atoms with van der Waals surface area (Å²) < 4.78 is 4.65.